The van der Waals surface area contributed by atoms with Crippen LogP contribution in [0.5, 0.6) is 0 Å². The third-order valence-electron chi connectivity index (χ3n) is 0.605. The van der Waals surface area contributed by atoms with Gasteiger partial charge in [0.1, 0.15) is 0 Å². The first-order chi connectivity index (χ1) is 4.31. The molecule has 4 nitrogen and oxygen atoms in total. The van der Waals surface area contributed by atoms with E-state index in [1.54, 1.807) is 0 Å². The molecule has 1 saturated heterocycles. The predicted octanol–water partition coefficient (Wildman–Crippen LogP) is -0.141. The van der Waals surface area contributed by atoms with Crippen molar-refractivity contribution in [2.75, 3.05) is 12.3 Å². The normalized spacial score (nSPS) is 14.9. The summed E-state index contributed by atoms with van der Waals surface area (Å²) in [5, 5.41) is 2.76. The second kappa shape index (κ2) is 5.34. The summed E-state index contributed by atoms with van der Waals surface area (Å²) in [4.78, 5) is 26.3. The number of hydrogen-bond acceptors (Lipinski definition) is 4. The molecular weight excluding hydrogens is 142 g/mol. The molecule has 1 aliphatic heterocycles. The molecule has 50 valence electrons. The molecule has 9 heavy (non-hydrogen) atoms. The lowest BCUT2D eigenvalue weighted by atomic mass is 10.8. The van der Waals surface area contributed by atoms with Gasteiger partial charge in [-0.15, -0.1) is 0 Å². The Hall–Kier alpha value is -0.800. The minimum atomic E-state index is 0.120. The number of rotatable bonds is 0. The first-order valence-electron chi connectivity index (χ1n) is 2.21. The van der Waals surface area contributed by atoms with E-state index in [2.05, 4.69) is 5.32 Å². The Kier molecular flexibility index (Phi) is 4.86. The first-order valence-corrected chi connectivity index (χ1v) is 3.19. The average molecular weight is 147 g/mol. The van der Waals surface area contributed by atoms with Gasteiger partial charge in [-0.3, -0.25) is 4.79 Å². The second-order valence-electron chi connectivity index (χ2n) is 1.15. The molecule has 0 aliphatic carbocycles. The predicted molar refractivity (Wildman–Crippen MR) is 30.9 cm³/mol. The summed E-state index contributed by atoms with van der Waals surface area (Å²) >= 11 is 1.35. The quantitative estimate of drug-likeness (QED) is 0.518. The molecule has 0 atom stereocenters. The fourth-order valence-electron chi connectivity index (χ4n) is 0.348. The Balaban J connectivity index is 0.000000187. The first kappa shape index (κ1) is 8.20. The summed E-state index contributed by atoms with van der Waals surface area (Å²) in [6, 6.07) is 0. The minimum Gasteiger partial charge on any atom is -0.346 e. The smallest absolute Gasteiger partial charge is 0.346 e. The summed E-state index contributed by atoms with van der Waals surface area (Å²) in [6.07, 6.45) is 0.250. The van der Waals surface area contributed by atoms with Crippen LogP contribution in [0, 0.1) is 0 Å². The number of hydrogen-bond donors (Lipinski definition) is 1. The van der Waals surface area contributed by atoms with Crippen molar-refractivity contribution < 1.29 is 14.4 Å². The van der Waals surface area contributed by atoms with Crippen molar-refractivity contribution in [1.29, 1.82) is 0 Å². The van der Waals surface area contributed by atoms with Gasteiger partial charge >= 0.3 is 6.15 Å². The van der Waals surface area contributed by atoms with Crippen LogP contribution in [0.4, 0.5) is 4.79 Å². The lowest BCUT2D eigenvalue weighted by molar-refractivity contribution is -0.191. The van der Waals surface area contributed by atoms with Gasteiger partial charge in [0.2, 0.25) is 0 Å². The topological polar surface area (TPSA) is 63.2 Å². The van der Waals surface area contributed by atoms with Gasteiger partial charge in [0, 0.05) is 12.3 Å². The van der Waals surface area contributed by atoms with Crippen molar-refractivity contribution in [1.82, 2.24) is 5.32 Å². The molecule has 0 unspecified atom stereocenters. The van der Waals surface area contributed by atoms with Crippen molar-refractivity contribution in [3.8, 4) is 0 Å². The number of nitrogens with one attached hydrogen (secondary N) is 1. The van der Waals surface area contributed by atoms with E-state index in [0.29, 0.717) is 0 Å². The zero-order valence-electron chi connectivity index (χ0n) is 4.55. The summed E-state index contributed by atoms with van der Waals surface area (Å²) < 4.78 is 0. The summed E-state index contributed by atoms with van der Waals surface area (Å²) in [7, 11) is 0. The van der Waals surface area contributed by atoms with Gasteiger partial charge in [0.05, 0.1) is 0 Å². The molecule has 0 radical (unpaired) electrons. The molecule has 0 aromatic carbocycles. The standard InChI is InChI=1S/C3H5NOS.CO2/c5-3-4-1-2-6-3;2-1-3/h1-2H2,(H,4,5);. The van der Waals surface area contributed by atoms with Gasteiger partial charge in [-0.1, -0.05) is 11.8 Å². The van der Waals surface area contributed by atoms with Crippen LogP contribution < -0.4 is 5.32 Å². The molecule has 1 amide bonds. The molecule has 1 N–H and O–H groups in total. The largest absolute Gasteiger partial charge is 0.373 e. The lowest BCUT2D eigenvalue weighted by Crippen LogP contribution is -2.10. The van der Waals surface area contributed by atoms with Crippen molar-refractivity contribution in [3.05, 3.63) is 0 Å². The third kappa shape index (κ3) is 5.06. The summed E-state index contributed by atoms with van der Waals surface area (Å²) in [5.74, 6) is 0.943. The Morgan fingerprint density at radius 3 is 2.22 bits per heavy atom. The fourth-order valence-corrected chi connectivity index (χ4v) is 0.941. The molecule has 1 fully saturated rings. The number of amides is 1. The zero-order valence-corrected chi connectivity index (χ0v) is 5.36. The number of carbonyl (C=O) groups is 1. The molecule has 1 heterocycles. The average Bonchev–Trinajstić information content (AvgIpc) is 2.20. The molecule has 0 aromatic heterocycles. The molecule has 0 aromatic rings. The highest BCUT2D eigenvalue weighted by Gasteiger charge is 2.06. The van der Waals surface area contributed by atoms with Gasteiger partial charge in [-0.25, -0.2) is 0 Å². The van der Waals surface area contributed by atoms with Crippen LogP contribution in [0.15, 0.2) is 0 Å². The molecular formula is C4H5NO3S. The van der Waals surface area contributed by atoms with Crippen LogP contribution in [0.2, 0.25) is 0 Å². The zero-order chi connectivity index (χ0) is 7.11. The van der Waals surface area contributed by atoms with E-state index in [0.717, 1.165) is 12.3 Å². The van der Waals surface area contributed by atoms with Crippen molar-refractivity contribution >= 4 is 23.2 Å². The summed E-state index contributed by atoms with van der Waals surface area (Å²) in [5.41, 5.74) is 0. The number of carbonyl (C=O) groups excluding carboxylic acids is 3. The van der Waals surface area contributed by atoms with Crippen LogP contribution in [0.1, 0.15) is 0 Å². The molecule has 0 saturated carbocycles. The van der Waals surface area contributed by atoms with Gasteiger partial charge in [-0.2, -0.15) is 9.59 Å². The minimum absolute atomic E-state index is 0.120. The Bertz CT molecular complexity index is 122. The second-order valence-corrected chi connectivity index (χ2v) is 2.21. The molecule has 1 aliphatic rings. The van der Waals surface area contributed by atoms with Crippen LogP contribution in [0.25, 0.3) is 0 Å². The molecule has 0 bridgehead atoms. The molecule has 5 heteroatoms. The van der Waals surface area contributed by atoms with E-state index in [1.165, 1.54) is 11.8 Å². The highest BCUT2D eigenvalue weighted by molar-refractivity contribution is 8.13. The van der Waals surface area contributed by atoms with Crippen LogP contribution in [-0.4, -0.2) is 23.7 Å². The van der Waals surface area contributed by atoms with E-state index < -0.39 is 0 Å². The lowest BCUT2D eigenvalue weighted by Gasteiger charge is -1.78. The maximum absolute atomic E-state index is 10.1. The SMILES string of the molecule is O=C1NCCS1.O=C=O. The van der Waals surface area contributed by atoms with Gasteiger partial charge in [0.15, 0.2) is 0 Å². The molecule has 1 rings (SSSR count). The van der Waals surface area contributed by atoms with Crippen molar-refractivity contribution in [2.24, 2.45) is 0 Å². The van der Waals surface area contributed by atoms with Gasteiger partial charge in [-0.05, 0) is 0 Å². The third-order valence-corrected chi connectivity index (χ3v) is 1.42. The Morgan fingerprint density at radius 2 is 2.11 bits per heavy atom. The van der Waals surface area contributed by atoms with E-state index in [1.807, 2.05) is 0 Å². The van der Waals surface area contributed by atoms with E-state index in [4.69, 9.17) is 9.59 Å². The monoisotopic (exact) mass is 147 g/mol. The van der Waals surface area contributed by atoms with E-state index >= 15 is 0 Å². The van der Waals surface area contributed by atoms with Gasteiger partial charge < -0.3 is 5.32 Å². The van der Waals surface area contributed by atoms with Crippen molar-refractivity contribution in [3.63, 3.8) is 0 Å². The fraction of sp³-hybridized carbons (Fsp3) is 0.500. The van der Waals surface area contributed by atoms with Gasteiger partial charge in [0.25, 0.3) is 5.24 Å². The maximum atomic E-state index is 10.1. The molecule has 0 spiro atoms. The van der Waals surface area contributed by atoms with E-state index in [9.17, 15) is 4.79 Å². The highest BCUT2D eigenvalue weighted by Crippen LogP contribution is 2.04. The Morgan fingerprint density at radius 1 is 1.56 bits per heavy atom. The van der Waals surface area contributed by atoms with Crippen LogP contribution >= 0.6 is 11.8 Å². The van der Waals surface area contributed by atoms with Crippen LogP contribution in [0.3, 0.4) is 0 Å². The number of thioether (sulfide) groups is 1. The van der Waals surface area contributed by atoms with Crippen molar-refractivity contribution in [2.45, 2.75) is 0 Å². The van der Waals surface area contributed by atoms with E-state index in [-0.39, 0.29) is 11.4 Å². The van der Waals surface area contributed by atoms with Crippen LogP contribution in [-0.2, 0) is 9.59 Å². The maximum Gasteiger partial charge on any atom is 0.373 e. The Labute approximate surface area is 56.0 Å². The summed E-state index contributed by atoms with van der Waals surface area (Å²) in [6.45, 7) is 0.851. The highest BCUT2D eigenvalue weighted by atomic mass is 32.2.